The van der Waals surface area contributed by atoms with E-state index in [-0.39, 0.29) is 5.91 Å². The van der Waals surface area contributed by atoms with Gasteiger partial charge in [0, 0.05) is 31.7 Å². The molecule has 5 fully saturated rings. The van der Waals surface area contributed by atoms with Gasteiger partial charge in [0.05, 0.1) is 13.0 Å². The lowest BCUT2D eigenvalue weighted by molar-refractivity contribution is -0.137. The van der Waals surface area contributed by atoms with Crippen molar-refractivity contribution in [2.75, 3.05) is 32.8 Å². The number of carbonyl (C=O) groups is 1. The fraction of sp³-hybridized carbons (Fsp3) is 0.708. The maximum absolute atomic E-state index is 12.8. The topological polar surface area (TPSA) is 32.8 Å². The zero-order chi connectivity index (χ0) is 19.1. The predicted octanol–water partition coefficient (Wildman–Crippen LogP) is 3.74. The van der Waals surface area contributed by atoms with Crippen molar-refractivity contribution in [3.8, 4) is 5.75 Å². The van der Waals surface area contributed by atoms with Gasteiger partial charge >= 0.3 is 0 Å². The van der Waals surface area contributed by atoms with Crippen molar-refractivity contribution in [2.45, 2.75) is 57.4 Å². The number of benzene rings is 1. The Labute approximate surface area is 169 Å². The Bertz CT molecular complexity index is 671. The van der Waals surface area contributed by atoms with E-state index in [1.807, 2.05) is 31.2 Å². The third kappa shape index (κ3) is 3.45. The van der Waals surface area contributed by atoms with Gasteiger partial charge in [0.1, 0.15) is 5.75 Å². The standard InChI is InChI=1S/C24H34N2O2/c1-2-28-22-5-3-18(4-6-22)14-23(27)25-7-9-26(10-8-25)24-15-19-11-20(16-24)13-21(12-19)17-24/h3-6,19-21H,2,7-17H2,1H3. The Morgan fingerprint density at radius 1 is 0.964 bits per heavy atom. The molecule has 5 aliphatic rings. The lowest BCUT2D eigenvalue weighted by Gasteiger charge is -2.61. The van der Waals surface area contributed by atoms with Gasteiger partial charge in [-0.1, -0.05) is 12.1 Å². The number of amides is 1. The molecule has 6 rings (SSSR count). The number of nitrogens with zero attached hydrogens (tertiary/aromatic N) is 2. The quantitative estimate of drug-likeness (QED) is 0.778. The van der Waals surface area contributed by atoms with Gasteiger partial charge in [0.25, 0.3) is 0 Å². The molecule has 0 atom stereocenters. The van der Waals surface area contributed by atoms with Crippen molar-refractivity contribution in [3.05, 3.63) is 29.8 Å². The van der Waals surface area contributed by atoms with Crippen LogP contribution in [-0.2, 0) is 11.2 Å². The number of hydrogen-bond donors (Lipinski definition) is 0. The third-order valence-electron chi connectivity index (χ3n) is 7.90. The molecule has 4 heteroatoms. The Hall–Kier alpha value is -1.55. The summed E-state index contributed by atoms with van der Waals surface area (Å²) in [5.74, 6) is 4.12. The van der Waals surface area contributed by atoms with E-state index < -0.39 is 0 Å². The van der Waals surface area contributed by atoms with E-state index in [4.69, 9.17) is 4.74 Å². The zero-order valence-corrected chi connectivity index (χ0v) is 17.2. The summed E-state index contributed by atoms with van der Waals surface area (Å²) in [4.78, 5) is 17.7. The molecule has 4 saturated carbocycles. The van der Waals surface area contributed by atoms with Crippen LogP contribution < -0.4 is 4.74 Å². The molecule has 4 aliphatic carbocycles. The third-order valence-corrected chi connectivity index (χ3v) is 7.90. The fourth-order valence-corrected chi connectivity index (χ4v) is 7.04. The molecule has 0 N–H and O–H groups in total. The van der Waals surface area contributed by atoms with Crippen LogP contribution in [0.5, 0.6) is 5.75 Å². The van der Waals surface area contributed by atoms with Crippen molar-refractivity contribution < 1.29 is 9.53 Å². The van der Waals surface area contributed by atoms with Gasteiger partial charge in [-0.15, -0.1) is 0 Å². The van der Waals surface area contributed by atoms with Crippen LogP contribution in [0.4, 0.5) is 0 Å². The van der Waals surface area contributed by atoms with E-state index in [9.17, 15) is 4.79 Å². The molecular formula is C24H34N2O2. The molecule has 152 valence electrons. The smallest absolute Gasteiger partial charge is 0.227 e. The van der Waals surface area contributed by atoms with Crippen molar-refractivity contribution in [3.63, 3.8) is 0 Å². The number of ether oxygens (including phenoxy) is 1. The van der Waals surface area contributed by atoms with Crippen LogP contribution >= 0.6 is 0 Å². The highest BCUT2D eigenvalue weighted by molar-refractivity contribution is 5.79. The van der Waals surface area contributed by atoms with Crippen LogP contribution in [-0.4, -0.2) is 54.0 Å². The average Bonchev–Trinajstić information content (AvgIpc) is 2.69. The minimum Gasteiger partial charge on any atom is -0.494 e. The zero-order valence-electron chi connectivity index (χ0n) is 17.2. The monoisotopic (exact) mass is 382 g/mol. The molecule has 1 saturated heterocycles. The number of piperazine rings is 1. The first-order chi connectivity index (χ1) is 13.6. The first-order valence-electron chi connectivity index (χ1n) is 11.4. The largest absolute Gasteiger partial charge is 0.494 e. The van der Waals surface area contributed by atoms with Crippen molar-refractivity contribution >= 4 is 5.91 Å². The number of carbonyl (C=O) groups excluding carboxylic acids is 1. The van der Waals surface area contributed by atoms with Crippen LogP contribution in [0.2, 0.25) is 0 Å². The molecule has 1 aromatic carbocycles. The molecule has 0 radical (unpaired) electrons. The summed E-state index contributed by atoms with van der Waals surface area (Å²) in [6, 6.07) is 7.98. The van der Waals surface area contributed by atoms with Gasteiger partial charge in [0.2, 0.25) is 5.91 Å². The average molecular weight is 383 g/mol. The lowest BCUT2D eigenvalue weighted by Crippen LogP contribution is -2.64. The number of hydrogen-bond acceptors (Lipinski definition) is 3. The molecule has 1 aromatic rings. The maximum atomic E-state index is 12.8. The minimum absolute atomic E-state index is 0.273. The van der Waals surface area contributed by atoms with Crippen LogP contribution in [0.15, 0.2) is 24.3 Å². The van der Waals surface area contributed by atoms with Crippen molar-refractivity contribution in [1.82, 2.24) is 9.80 Å². The highest BCUT2D eigenvalue weighted by atomic mass is 16.5. The summed E-state index contributed by atoms with van der Waals surface area (Å²) in [5.41, 5.74) is 1.57. The Morgan fingerprint density at radius 3 is 2.07 bits per heavy atom. The van der Waals surface area contributed by atoms with Crippen molar-refractivity contribution in [2.24, 2.45) is 17.8 Å². The summed E-state index contributed by atoms with van der Waals surface area (Å²) in [5, 5.41) is 0. The van der Waals surface area contributed by atoms with Gasteiger partial charge < -0.3 is 9.64 Å². The molecule has 1 amide bonds. The van der Waals surface area contributed by atoms with E-state index >= 15 is 0 Å². The molecule has 28 heavy (non-hydrogen) atoms. The molecule has 0 aromatic heterocycles. The highest BCUT2D eigenvalue weighted by Crippen LogP contribution is 2.57. The normalized spacial score (nSPS) is 34.6. The van der Waals surface area contributed by atoms with Crippen molar-refractivity contribution in [1.29, 1.82) is 0 Å². The fourth-order valence-electron chi connectivity index (χ4n) is 7.04. The van der Waals surface area contributed by atoms with Gasteiger partial charge in [-0.3, -0.25) is 9.69 Å². The molecule has 4 bridgehead atoms. The molecule has 1 heterocycles. The SMILES string of the molecule is CCOc1ccc(CC(=O)N2CCN(C34CC5CC(CC(C5)C3)C4)CC2)cc1. The Kier molecular flexibility index (Phi) is 4.86. The molecular weight excluding hydrogens is 348 g/mol. The summed E-state index contributed by atoms with van der Waals surface area (Å²) in [6.45, 7) is 6.60. The van der Waals surface area contributed by atoms with E-state index in [2.05, 4.69) is 9.80 Å². The molecule has 4 nitrogen and oxygen atoms in total. The summed E-state index contributed by atoms with van der Waals surface area (Å²) >= 11 is 0. The minimum atomic E-state index is 0.273. The summed E-state index contributed by atoms with van der Waals surface area (Å²) in [7, 11) is 0. The van der Waals surface area contributed by atoms with Gasteiger partial charge in [-0.05, 0) is 80.9 Å². The van der Waals surface area contributed by atoms with E-state index in [1.165, 1.54) is 38.5 Å². The summed E-state index contributed by atoms with van der Waals surface area (Å²) in [6.07, 6.45) is 9.29. The van der Waals surface area contributed by atoms with Crippen LogP contribution in [0.25, 0.3) is 0 Å². The second-order valence-corrected chi connectivity index (χ2v) is 9.76. The number of rotatable bonds is 5. The van der Waals surface area contributed by atoms with Crippen LogP contribution in [0, 0.1) is 17.8 Å². The molecule has 0 unspecified atom stereocenters. The van der Waals surface area contributed by atoms with E-state index in [0.29, 0.717) is 18.6 Å². The predicted molar refractivity (Wildman–Crippen MR) is 110 cm³/mol. The van der Waals surface area contributed by atoms with Gasteiger partial charge in [0.15, 0.2) is 0 Å². The van der Waals surface area contributed by atoms with E-state index in [0.717, 1.165) is 55.2 Å². The van der Waals surface area contributed by atoms with Crippen LogP contribution in [0.1, 0.15) is 51.0 Å². The Morgan fingerprint density at radius 2 is 1.54 bits per heavy atom. The summed E-state index contributed by atoms with van der Waals surface area (Å²) < 4.78 is 5.49. The first-order valence-corrected chi connectivity index (χ1v) is 11.4. The van der Waals surface area contributed by atoms with Gasteiger partial charge in [-0.2, -0.15) is 0 Å². The van der Waals surface area contributed by atoms with Gasteiger partial charge in [-0.25, -0.2) is 0 Å². The van der Waals surface area contributed by atoms with E-state index in [1.54, 1.807) is 0 Å². The highest BCUT2D eigenvalue weighted by Gasteiger charge is 2.53. The Balaban J connectivity index is 1.16. The molecule has 0 spiro atoms. The second kappa shape index (κ2) is 7.37. The second-order valence-electron chi connectivity index (χ2n) is 9.76. The van der Waals surface area contributed by atoms with Crippen LogP contribution in [0.3, 0.4) is 0 Å². The first kappa shape index (κ1) is 18.5. The molecule has 1 aliphatic heterocycles. The maximum Gasteiger partial charge on any atom is 0.227 e. The lowest BCUT2D eigenvalue weighted by atomic mass is 9.52.